The van der Waals surface area contributed by atoms with Crippen LogP contribution in [-0.4, -0.2) is 107 Å². The number of H-pyrrole nitrogens is 1. The second-order valence-electron chi connectivity index (χ2n) is 18.2. The van der Waals surface area contributed by atoms with E-state index in [9.17, 15) is 34.5 Å². The summed E-state index contributed by atoms with van der Waals surface area (Å²) in [6, 6.07) is 39.2. The van der Waals surface area contributed by atoms with Crippen molar-refractivity contribution in [1.29, 1.82) is 0 Å². The molecule has 2 saturated heterocycles. The molecule has 2 aliphatic heterocycles. The zero-order chi connectivity index (χ0) is 48.2. The number of likely N-dealkylation sites (tertiary alicyclic amines) is 2. The van der Waals surface area contributed by atoms with E-state index in [1.54, 1.807) is 77.7 Å². The molecule has 0 bridgehead atoms. The van der Waals surface area contributed by atoms with Gasteiger partial charge in [-0.05, 0) is 122 Å². The van der Waals surface area contributed by atoms with Crippen molar-refractivity contribution in [2.45, 2.75) is 50.4 Å². The van der Waals surface area contributed by atoms with Gasteiger partial charge in [0.25, 0.3) is 11.8 Å². The second kappa shape index (κ2) is 23.0. The summed E-state index contributed by atoms with van der Waals surface area (Å²) >= 11 is 0. The lowest BCUT2D eigenvalue weighted by Crippen LogP contribution is -2.43. The van der Waals surface area contributed by atoms with Gasteiger partial charge in [-0.25, -0.2) is 4.79 Å². The summed E-state index contributed by atoms with van der Waals surface area (Å²) in [4.78, 5) is 58.8. The Balaban J connectivity index is 0.750. The van der Waals surface area contributed by atoms with Gasteiger partial charge in [0.1, 0.15) is 11.5 Å². The van der Waals surface area contributed by atoms with E-state index in [4.69, 9.17) is 9.47 Å². The fourth-order valence-corrected chi connectivity index (χ4v) is 9.26. The molecule has 3 heterocycles. The first-order valence-corrected chi connectivity index (χ1v) is 23.9. The highest BCUT2D eigenvalue weighted by atomic mass is 16.5. The summed E-state index contributed by atoms with van der Waals surface area (Å²) in [7, 11) is 0. The summed E-state index contributed by atoms with van der Waals surface area (Å²) in [5.41, 5.74) is 1.97. The van der Waals surface area contributed by atoms with Crippen LogP contribution in [0.2, 0.25) is 0 Å². The fourth-order valence-electron chi connectivity index (χ4n) is 9.26. The first-order chi connectivity index (χ1) is 33.5. The molecule has 69 heavy (non-hydrogen) atoms. The number of phenolic OH excluding ortho intramolecular Hbond substituents is 1. The number of benzene rings is 5. The Morgan fingerprint density at radius 2 is 1.46 bits per heavy atom. The van der Waals surface area contributed by atoms with E-state index in [-0.39, 0.29) is 60.3 Å². The lowest BCUT2D eigenvalue weighted by Gasteiger charge is -2.33. The molecule has 2 amide bonds. The SMILES string of the molecule is O=C(NCC1CCN(C(=O)COc2cccc(C(O)(C(=O)OCC3CCN(Cc4ccccc4)CC3)c3ccccc3)c2)CC1)c1ccc(CCNC[C@H](O)c2ccc(O)c3[nH]c(=O)ccc23)cc1. The minimum absolute atomic E-state index is 0.0582. The van der Waals surface area contributed by atoms with Gasteiger partial charge in [0.15, 0.2) is 6.61 Å². The number of aliphatic hydroxyl groups is 2. The molecule has 0 spiro atoms. The van der Waals surface area contributed by atoms with Crippen LogP contribution in [0.4, 0.5) is 0 Å². The number of aromatic nitrogens is 1. The number of nitrogens with one attached hydrogen (secondary N) is 3. The number of piperidine rings is 2. The quantitative estimate of drug-likeness (QED) is 0.0423. The Morgan fingerprint density at radius 1 is 0.768 bits per heavy atom. The van der Waals surface area contributed by atoms with Gasteiger partial charge in [-0.3, -0.25) is 19.3 Å². The molecule has 1 aromatic heterocycles. The van der Waals surface area contributed by atoms with Crippen LogP contribution >= 0.6 is 0 Å². The molecule has 14 nitrogen and oxygen atoms in total. The van der Waals surface area contributed by atoms with E-state index in [0.717, 1.165) is 50.9 Å². The number of aliphatic hydroxyl groups excluding tert-OH is 1. The summed E-state index contributed by atoms with van der Waals surface area (Å²) in [6.45, 7) is 5.10. The summed E-state index contributed by atoms with van der Waals surface area (Å²) < 4.78 is 11.9. The van der Waals surface area contributed by atoms with Crippen molar-refractivity contribution >= 4 is 28.7 Å². The zero-order valence-corrected chi connectivity index (χ0v) is 38.7. The van der Waals surface area contributed by atoms with E-state index >= 15 is 0 Å². The molecular formula is C55H61N5O9. The number of nitrogens with zero attached hydrogens (tertiary/aromatic N) is 2. The summed E-state index contributed by atoms with van der Waals surface area (Å²) in [5.74, 6) is -0.422. The standard InChI is InChI=1S/C55H61N5O9/c61-48-20-18-46(47-19-21-50(63)58-52(47)48)49(62)34-56-27-22-38-14-16-42(17-15-38)53(65)57-33-39-25-30-60(31-26-39)51(64)37-68-45-13-7-12-44(32-45)55(67,43-10-5-2-6-11-43)54(66)69-36-41-23-28-59(29-24-41)35-40-8-3-1-4-9-40/h1-21,32,39,41,49,56,61-62,67H,22-31,33-37H2,(H,57,65)(H,58,63)/t49-,55?/m0/s1. The maximum atomic E-state index is 13.9. The van der Waals surface area contributed by atoms with Gasteiger partial charge in [-0.1, -0.05) is 91.0 Å². The van der Waals surface area contributed by atoms with E-state index < -0.39 is 17.7 Å². The summed E-state index contributed by atoms with van der Waals surface area (Å²) in [5, 5.41) is 40.0. The molecule has 0 aliphatic carbocycles. The number of phenols is 1. The van der Waals surface area contributed by atoms with Gasteiger partial charge in [-0.2, -0.15) is 0 Å². The third kappa shape index (κ3) is 12.4. The number of fused-ring (bicyclic) bond motifs is 1. The predicted octanol–water partition coefficient (Wildman–Crippen LogP) is 5.84. The monoisotopic (exact) mass is 935 g/mol. The maximum absolute atomic E-state index is 13.9. The van der Waals surface area contributed by atoms with Crippen LogP contribution in [0.25, 0.3) is 10.9 Å². The molecule has 0 saturated carbocycles. The Kier molecular flexibility index (Phi) is 16.2. The first kappa shape index (κ1) is 48.6. The van der Waals surface area contributed by atoms with Gasteiger partial charge >= 0.3 is 5.97 Å². The van der Waals surface area contributed by atoms with Crippen molar-refractivity contribution in [2.75, 3.05) is 59.0 Å². The highest BCUT2D eigenvalue weighted by Gasteiger charge is 2.42. The Hall–Kier alpha value is -6.84. The number of ether oxygens (including phenoxy) is 2. The average Bonchev–Trinajstić information content (AvgIpc) is 3.39. The van der Waals surface area contributed by atoms with Gasteiger partial charge in [0, 0.05) is 55.3 Å². The van der Waals surface area contributed by atoms with Gasteiger partial charge in [-0.15, -0.1) is 0 Å². The van der Waals surface area contributed by atoms with Crippen molar-refractivity contribution in [3.05, 3.63) is 177 Å². The number of hydrogen-bond donors (Lipinski definition) is 6. The molecule has 360 valence electrons. The van der Waals surface area contributed by atoms with Crippen molar-refractivity contribution < 1.29 is 39.2 Å². The highest BCUT2D eigenvalue weighted by Crippen LogP contribution is 2.34. The number of aromatic hydroxyl groups is 1. The number of esters is 1. The van der Waals surface area contributed by atoms with E-state index in [1.165, 1.54) is 17.7 Å². The number of carbonyl (C=O) groups excluding carboxylic acids is 3. The van der Waals surface area contributed by atoms with Crippen molar-refractivity contribution in [3.63, 3.8) is 0 Å². The lowest BCUT2D eigenvalue weighted by molar-refractivity contribution is -0.164. The third-order valence-electron chi connectivity index (χ3n) is 13.4. The minimum atomic E-state index is -2.09. The Morgan fingerprint density at radius 3 is 2.20 bits per heavy atom. The minimum Gasteiger partial charge on any atom is -0.506 e. The molecule has 2 aliphatic rings. The second-order valence-corrected chi connectivity index (χ2v) is 18.2. The maximum Gasteiger partial charge on any atom is 0.347 e. The lowest BCUT2D eigenvalue weighted by atomic mass is 9.86. The van der Waals surface area contributed by atoms with Crippen LogP contribution in [-0.2, 0) is 32.9 Å². The van der Waals surface area contributed by atoms with Crippen LogP contribution in [0.1, 0.15) is 70.0 Å². The molecule has 6 aromatic rings. The Bertz CT molecular complexity index is 2720. The molecule has 8 rings (SSSR count). The molecule has 14 heteroatoms. The van der Waals surface area contributed by atoms with Crippen LogP contribution in [0.5, 0.6) is 11.5 Å². The van der Waals surface area contributed by atoms with Crippen LogP contribution in [0, 0.1) is 11.8 Å². The molecule has 0 radical (unpaired) electrons. The smallest absolute Gasteiger partial charge is 0.347 e. The molecular weight excluding hydrogens is 875 g/mol. The normalized spacial score (nSPS) is 16.1. The number of pyridine rings is 1. The van der Waals surface area contributed by atoms with E-state index in [0.29, 0.717) is 65.9 Å². The van der Waals surface area contributed by atoms with Crippen molar-refractivity contribution in [3.8, 4) is 11.5 Å². The number of hydrogen-bond acceptors (Lipinski definition) is 11. The van der Waals surface area contributed by atoms with E-state index in [2.05, 4.69) is 32.7 Å². The topological polar surface area (TPSA) is 194 Å². The number of aromatic amines is 1. The van der Waals surface area contributed by atoms with Gasteiger partial charge in [0.05, 0.1) is 18.2 Å². The van der Waals surface area contributed by atoms with Crippen LogP contribution in [0.15, 0.2) is 138 Å². The predicted molar refractivity (Wildman–Crippen MR) is 263 cm³/mol. The van der Waals surface area contributed by atoms with Crippen molar-refractivity contribution in [2.24, 2.45) is 11.8 Å². The van der Waals surface area contributed by atoms with Gasteiger partial charge < -0.3 is 45.3 Å². The molecule has 2 atom stereocenters. The molecule has 2 fully saturated rings. The first-order valence-electron chi connectivity index (χ1n) is 23.9. The molecule has 5 aromatic carbocycles. The summed E-state index contributed by atoms with van der Waals surface area (Å²) in [6.07, 6.45) is 3.05. The Labute approximate surface area is 401 Å². The average molecular weight is 936 g/mol. The molecule has 1 unspecified atom stereocenters. The fraction of sp³-hybridized carbons (Fsp3) is 0.345. The van der Waals surface area contributed by atoms with Crippen molar-refractivity contribution in [1.82, 2.24) is 25.4 Å². The highest BCUT2D eigenvalue weighted by molar-refractivity contribution is 5.94. The zero-order valence-electron chi connectivity index (χ0n) is 38.7. The number of carbonyl (C=O) groups is 3. The van der Waals surface area contributed by atoms with Crippen LogP contribution < -0.4 is 20.9 Å². The molecule has 6 N–H and O–H groups in total. The number of rotatable bonds is 19. The van der Waals surface area contributed by atoms with E-state index in [1.807, 2.05) is 36.4 Å². The van der Waals surface area contributed by atoms with Gasteiger partial charge in [0.2, 0.25) is 11.2 Å². The van der Waals surface area contributed by atoms with Crippen LogP contribution in [0.3, 0.4) is 0 Å². The number of amides is 2. The third-order valence-corrected chi connectivity index (χ3v) is 13.4. The largest absolute Gasteiger partial charge is 0.506 e.